The molecule has 0 atom stereocenters. The average Bonchev–Trinajstić information content (AvgIpc) is 0.760. The summed E-state index contributed by atoms with van der Waals surface area (Å²) in [7, 11) is 0. The maximum atomic E-state index is 11.1. The molecule has 0 aliphatic heterocycles. The summed E-state index contributed by atoms with van der Waals surface area (Å²) in [4.78, 5) is 0. The molecule has 0 amide bonds. The highest BCUT2D eigenvalue weighted by Crippen LogP contribution is 2.51. The van der Waals surface area contributed by atoms with Crippen molar-refractivity contribution in [3.63, 3.8) is 0 Å². The van der Waals surface area contributed by atoms with Crippen LogP contribution in [0.25, 0.3) is 163 Å². The van der Waals surface area contributed by atoms with Crippen LogP contribution in [0.15, 0.2) is 315 Å². The topological polar surface area (TPSA) is 58.9 Å². The fourth-order valence-electron chi connectivity index (χ4n) is 15.1. The first-order chi connectivity index (χ1) is 46.5. The zero-order valence-corrected chi connectivity index (χ0v) is 51.1. The average molecular weight is 1200 g/mol. The predicted octanol–water partition coefficient (Wildman–Crippen LogP) is 24.1. The van der Waals surface area contributed by atoms with Gasteiger partial charge in [0.1, 0.15) is 23.0 Å². The summed E-state index contributed by atoms with van der Waals surface area (Å²) in [6.07, 6.45) is 0. The Morgan fingerprint density at radius 2 is 0.489 bits per heavy atom. The number of hydrogen-bond acceptors (Lipinski definition) is 4. The van der Waals surface area contributed by atoms with E-state index in [-0.39, 0.29) is 13.2 Å². The van der Waals surface area contributed by atoms with Crippen LogP contribution in [0, 0.1) is 0 Å². The Kier molecular flexibility index (Phi) is 13.1. The number of fused-ring (bicyclic) bond motifs is 14. The fourth-order valence-corrected chi connectivity index (χ4v) is 15.1. The van der Waals surface area contributed by atoms with Gasteiger partial charge in [-0.05, 0) is 236 Å². The highest BCUT2D eigenvalue weighted by Gasteiger charge is 2.24. The summed E-state index contributed by atoms with van der Waals surface area (Å²) < 4.78 is 15.0. The van der Waals surface area contributed by atoms with Crippen LogP contribution in [0.3, 0.4) is 0 Å². The molecule has 0 aromatic heterocycles. The van der Waals surface area contributed by atoms with Gasteiger partial charge in [0.2, 0.25) is 0 Å². The molecule has 442 valence electrons. The highest BCUT2D eigenvalue weighted by molar-refractivity contribution is 6.19. The second kappa shape index (κ2) is 22.5. The first-order valence-corrected chi connectivity index (χ1v) is 32.1. The largest absolute Gasteiger partial charge is 0.457 e. The second-order valence-electron chi connectivity index (χ2n) is 24.7. The van der Waals surface area contributed by atoms with E-state index in [1.54, 1.807) is 0 Å². The van der Waals surface area contributed by atoms with Crippen LogP contribution in [0.4, 0.5) is 0 Å². The van der Waals surface area contributed by atoms with Crippen LogP contribution in [0.2, 0.25) is 0 Å². The summed E-state index contributed by atoms with van der Waals surface area (Å²) in [6, 6.07) is 112. The van der Waals surface area contributed by atoms with Gasteiger partial charge in [-0.15, -0.1) is 0 Å². The smallest absolute Gasteiger partial charge is 0.136 e. The number of hydrogen-bond donors (Lipinski definition) is 2. The minimum atomic E-state index is -0.154. The summed E-state index contributed by atoms with van der Waals surface area (Å²) >= 11 is 0. The molecule has 2 N–H and O–H groups in total. The molecule has 4 nitrogen and oxygen atoms in total. The molecule has 0 heterocycles. The summed E-state index contributed by atoms with van der Waals surface area (Å²) in [5.41, 5.74) is 11.6. The van der Waals surface area contributed by atoms with Gasteiger partial charge in [-0.25, -0.2) is 0 Å². The van der Waals surface area contributed by atoms with Crippen LogP contribution in [0.1, 0.15) is 11.1 Å². The number of ether oxygens (including phenoxy) is 2. The van der Waals surface area contributed by atoms with Gasteiger partial charge in [-0.3, -0.25) is 0 Å². The SMILES string of the molecule is OCc1ccc(Oc2ccc3cc(-c4cc5ccccc5c5ccccc45)ccc3c2-c2c(Oc3ccc(CO)c(-c4cc5ccccc5c5ccccc45)c3)ccc3cc(-c4cc5ccccc5c5ccccc45)ccc23)cc1-c1cc2ccccc2c2ccccc12. The fraction of sp³-hybridized carbons (Fsp3) is 0.0222. The third-order valence-electron chi connectivity index (χ3n) is 19.4. The van der Waals surface area contributed by atoms with Crippen LogP contribution < -0.4 is 9.47 Å². The number of rotatable bonds is 11. The van der Waals surface area contributed by atoms with Crippen molar-refractivity contribution in [2.24, 2.45) is 0 Å². The lowest BCUT2D eigenvalue weighted by Crippen LogP contribution is -1.98. The van der Waals surface area contributed by atoms with Crippen molar-refractivity contribution < 1.29 is 19.7 Å². The summed E-state index contributed by atoms with van der Waals surface area (Å²) in [5.74, 6) is 2.49. The van der Waals surface area contributed by atoms with E-state index in [0.29, 0.717) is 23.0 Å². The maximum Gasteiger partial charge on any atom is 0.136 e. The van der Waals surface area contributed by atoms with Crippen LogP contribution in [-0.4, -0.2) is 10.2 Å². The molecule has 0 bridgehead atoms. The Morgan fingerprint density at radius 1 is 0.202 bits per heavy atom. The molecular weight excluding hydrogens is 1140 g/mol. The van der Waals surface area contributed by atoms with Gasteiger partial charge in [0.15, 0.2) is 0 Å². The van der Waals surface area contributed by atoms with E-state index < -0.39 is 0 Å². The first kappa shape index (κ1) is 55.0. The van der Waals surface area contributed by atoms with Crippen molar-refractivity contribution in [3.05, 3.63) is 327 Å². The standard InChI is InChI=1S/C90H58O4/c91-53-63-33-39-65(51-83(63)85-49-57-19-3-7-23-69(57)75-27-11-15-31-79(75)85)93-87-43-37-59-45-61(81-47-55-17-1-5-21-67(55)73-25-9-13-29-77(73)81)35-41-71(59)89(87)90-72-42-36-62(82-48-56-18-2-6-22-68(56)74-26-10-14-30-78(74)82)46-60(72)38-44-88(90)94-66-40-34-64(54-92)84(52-66)86-50-58-20-4-8-24-70(58)76-28-12-16-32-80(76)86/h1-52,91-92H,53-54H2. The van der Waals surface area contributed by atoms with E-state index in [9.17, 15) is 10.2 Å². The zero-order valence-electron chi connectivity index (χ0n) is 51.1. The second-order valence-corrected chi connectivity index (χ2v) is 24.7. The molecule has 0 saturated heterocycles. The van der Waals surface area contributed by atoms with Crippen molar-refractivity contribution in [1.29, 1.82) is 0 Å². The molecule has 94 heavy (non-hydrogen) atoms. The quantitative estimate of drug-likeness (QED) is 0.127. The van der Waals surface area contributed by atoms with E-state index in [0.717, 1.165) is 121 Å². The van der Waals surface area contributed by atoms with E-state index in [4.69, 9.17) is 9.47 Å². The molecule has 0 aliphatic carbocycles. The van der Waals surface area contributed by atoms with Gasteiger partial charge in [-0.1, -0.05) is 243 Å². The summed E-state index contributed by atoms with van der Waals surface area (Å²) in [5, 5.41) is 44.9. The highest BCUT2D eigenvalue weighted by atomic mass is 16.5. The van der Waals surface area contributed by atoms with Crippen LogP contribution in [0.5, 0.6) is 23.0 Å². The molecule has 18 aromatic rings. The number of aliphatic hydroxyl groups is 2. The monoisotopic (exact) mass is 1200 g/mol. The van der Waals surface area contributed by atoms with Crippen molar-refractivity contribution in [1.82, 2.24) is 0 Å². The number of aliphatic hydroxyl groups excluding tert-OH is 2. The third-order valence-corrected chi connectivity index (χ3v) is 19.4. The Balaban J connectivity index is 0.883. The number of benzene rings is 18. The molecule has 0 saturated carbocycles. The van der Waals surface area contributed by atoms with Crippen molar-refractivity contribution >= 4 is 108 Å². The van der Waals surface area contributed by atoms with E-state index in [1.165, 1.54) is 53.9 Å². The zero-order chi connectivity index (χ0) is 62.4. The normalized spacial score (nSPS) is 11.8. The van der Waals surface area contributed by atoms with Gasteiger partial charge in [0.05, 0.1) is 13.2 Å². The molecule has 0 unspecified atom stereocenters. The molecule has 0 aliphatic rings. The van der Waals surface area contributed by atoms with Gasteiger partial charge in [-0.2, -0.15) is 0 Å². The van der Waals surface area contributed by atoms with Crippen LogP contribution in [-0.2, 0) is 13.2 Å². The van der Waals surface area contributed by atoms with Gasteiger partial charge in [0.25, 0.3) is 0 Å². The minimum absolute atomic E-state index is 0.154. The molecular formula is C90H58O4. The maximum absolute atomic E-state index is 11.1. The van der Waals surface area contributed by atoms with E-state index >= 15 is 0 Å². The van der Waals surface area contributed by atoms with Gasteiger partial charge >= 0.3 is 0 Å². The minimum Gasteiger partial charge on any atom is -0.457 e. The third kappa shape index (κ3) is 9.14. The molecule has 0 fully saturated rings. The van der Waals surface area contributed by atoms with Crippen molar-refractivity contribution in [3.8, 4) is 78.6 Å². The Morgan fingerprint density at radius 3 is 0.830 bits per heavy atom. The Bertz CT molecular complexity index is 5780. The first-order valence-electron chi connectivity index (χ1n) is 32.1. The molecule has 4 heteroatoms. The lowest BCUT2D eigenvalue weighted by Gasteiger charge is -2.22. The molecule has 0 spiro atoms. The lowest BCUT2D eigenvalue weighted by molar-refractivity contribution is 0.282. The predicted molar refractivity (Wildman–Crippen MR) is 394 cm³/mol. The van der Waals surface area contributed by atoms with E-state index in [1.807, 2.05) is 24.3 Å². The van der Waals surface area contributed by atoms with Crippen molar-refractivity contribution in [2.75, 3.05) is 0 Å². The Hall–Kier alpha value is -11.9. The molecule has 0 radical (unpaired) electrons. The van der Waals surface area contributed by atoms with Crippen molar-refractivity contribution in [2.45, 2.75) is 13.2 Å². The van der Waals surface area contributed by atoms with Gasteiger partial charge < -0.3 is 19.7 Å². The van der Waals surface area contributed by atoms with E-state index in [2.05, 4.69) is 291 Å². The Labute approximate surface area is 542 Å². The summed E-state index contributed by atoms with van der Waals surface area (Å²) in [6.45, 7) is -0.308. The molecule has 18 aromatic carbocycles. The molecule has 18 rings (SSSR count). The van der Waals surface area contributed by atoms with Gasteiger partial charge in [0, 0.05) is 11.1 Å². The lowest BCUT2D eigenvalue weighted by atomic mass is 9.88. The van der Waals surface area contributed by atoms with Crippen LogP contribution >= 0.6 is 0 Å².